The average molecular weight is 316 g/mol. The molecule has 2 aromatic heterocycles. The van der Waals surface area contributed by atoms with E-state index in [1.807, 2.05) is 17.5 Å². The SMILES string of the molecule is COc1ccc(/C=C2/N=C(c3cccs3)OC2=O)c(OC)n1. The molecular formula is C15H12N2O4S. The molecule has 0 saturated carbocycles. The molecule has 1 aliphatic heterocycles. The molecule has 1 aliphatic rings. The molecule has 0 bridgehead atoms. The topological polar surface area (TPSA) is 70.0 Å². The standard InChI is InChI=1S/C15H12N2O4S/c1-19-12-6-5-9(13(17-12)20-2)8-10-15(18)21-14(16-10)11-4-3-7-22-11/h3-8H,1-2H3/b10-8+. The van der Waals surface area contributed by atoms with E-state index >= 15 is 0 Å². The lowest BCUT2D eigenvalue weighted by Crippen LogP contribution is -2.03. The molecule has 0 N–H and O–H groups in total. The number of cyclic esters (lactones) is 1. The number of nitrogens with zero attached hydrogens (tertiary/aromatic N) is 2. The number of aliphatic imine (C=N–C) groups is 1. The van der Waals surface area contributed by atoms with E-state index in [0.717, 1.165) is 4.88 Å². The van der Waals surface area contributed by atoms with Gasteiger partial charge in [-0.25, -0.2) is 9.79 Å². The van der Waals surface area contributed by atoms with Crippen LogP contribution >= 0.6 is 11.3 Å². The van der Waals surface area contributed by atoms with Crippen LogP contribution in [0, 0.1) is 0 Å². The van der Waals surface area contributed by atoms with Crippen molar-refractivity contribution in [3.05, 3.63) is 45.8 Å². The first-order valence-electron chi connectivity index (χ1n) is 6.36. The van der Waals surface area contributed by atoms with Gasteiger partial charge in [0.2, 0.25) is 17.7 Å². The first-order valence-corrected chi connectivity index (χ1v) is 7.24. The van der Waals surface area contributed by atoms with Crippen molar-refractivity contribution >= 4 is 29.3 Å². The summed E-state index contributed by atoms with van der Waals surface area (Å²) in [5.41, 5.74) is 0.820. The molecule has 3 rings (SSSR count). The molecule has 0 unspecified atom stereocenters. The molecular weight excluding hydrogens is 304 g/mol. The number of pyridine rings is 1. The number of rotatable bonds is 4. The minimum absolute atomic E-state index is 0.202. The highest BCUT2D eigenvalue weighted by Gasteiger charge is 2.25. The summed E-state index contributed by atoms with van der Waals surface area (Å²) in [6.45, 7) is 0. The molecule has 0 spiro atoms. The Kier molecular flexibility index (Phi) is 3.88. The molecule has 22 heavy (non-hydrogen) atoms. The van der Waals surface area contributed by atoms with Crippen LogP contribution in [-0.4, -0.2) is 31.1 Å². The Balaban J connectivity index is 1.96. The van der Waals surface area contributed by atoms with Crippen molar-refractivity contribution in [2.75, 3.05) is 14.2 Å². The fourth-order valence-corrected chi connectivity index (χ4v) is 2.53. The summed E-state index contributed by atoms with van der Waals surface area (Å²) in [5.74, 6) is 0.586. The average Bonchev–Trinajstić information content (AvgIpc) is 3.18. The predicted octanol–water partition coefficient (Wildman–Crippen LogP) is 2.50. The van der Waals surface area contributed by atoms with E-state index in [9.17, 15) is 4.79 Å². The van der Waals surface area contributed by atoms with Crippen LogP contribution in [-0.2, 0) is 9.53 Å². The summed E-state index contributed by atoms with van der Waals surface area (Å²) in [6, 6.07) is 7.13. The molecule has 0 aromatic carbocycles. The van der Waals surface area contributed by atoms with Gasteiger partial charge in [0.05, 0.1) is 19.1 Å². The smallest absolute Gasteiger partial charge is 0.363 e. The van der Waals surface area contributed by atoms with Gasteiger partial charge in [0.1, 0.15) is 0 Å². The van der Waals surface area contributed by atoms with Crippen molar-refractivity contribution in [1.82, 2.24) is 4.98 Å². The van der Waals surface area contributed by atoms with E-state index in [1.165, 1.54) is 25.6 Å². The zero-order chi connectivity index (χ0) is 15.5. The second-order valence-corrected chi connectivity index (χ2v) is 5.21. The molecule has 0 saturated heterocycles. The summed E-state index contributed by atoms with van der Waals surface area (Å²) >= 11 is 1.45. The van der Waals surface area contributed by atoms with Gasteiger partial charge in [-0.15, -0.1) is 11.3 Å². The van der Waals surface area contributed by atoms with Crippen LogP contribution in [0.15, 0.2) is 40.3 Å². The molecule has 2 aromatic rings. The highest BCUT2D eigenvalue weighted by atomic mass is 32.1. The van der Waals surface area contributed by atoms with Crippen LogP contribution in [0.25, 0.3) is 6.08 Å². The van der Waals surface area contributed by atoms with Gasteiger partial charge in [0.25, 0.3) is 0 Å². The Hall–Kier alpha value is -2.67. The minimum Gasteiger partial charge on any atom is -0.481 e. The van der Waals surface area contributed by atoms with Crippen molar-refractivity contribution in [1.29, 1.82) is 0 Å². The minimum atomic E-state index is -0.499. The number of esters is 1. The van der Waals surface area contributed by atoms with Gasteiger partial charge in [-0.05, 0) is 23.6 Å². The van der Waals surface area contributed by atoms with E-state index in [0.29, 0.717) is 23.2 Å². The Morgan fingerprint density at radius 1 is 1.23 bits per heavy atom. The molecule has 0 aliphatic carbocycles. The van der Waals surface area contributed by atoms with Gasteiger partial charge >= 0.3 is 5.97 Å². The summed E-state index contributed by atoms with van der Waals surface area (Å²) in [6.07, 6.45) is 1.58. The van der Waals surface area contributed by atoms with E-state index in [2.05, 4.69) is 9.98 Å². The predicted molar refractivity (Wildman–Crippen MR) is 82.3 cm³/mol. The maximum Gasteiger partial charge on any atom is 0.363 e. The van der Waals surface area contributed by atoms with E-state index < -0.39 is 5.97 Å². The van der Waals surface area contributed by atoms with E-state index in [4.69, 9.17) is 14.2 Å². The largest absolute Gasteiger partial charge is 0.481 e. The maximum absolute atomic E-state index is 11.9. The first-order chi connectivity index (χ1) is 10.7. The van der Waals surface area contributed by atoms with Gasteiger partial charge in [-0.2, -0.15) is 4.98 Å². The Bertz CT molecular complexity index is 766. The molecule has 3 heterocycles. The highest BCUT2D eigenvalue weighted by molar-refractivity contribution is 7.12. The van der Waals surface area contributed by atoms with Crippen molar-refractivity contribution in [3.63, 3.8) is 0 Å². The second-order valence-electron chi connectivity index (χ2n) is 4.27. The van der Waals surface area contributed by atoms with Crippen molar-refractivity contribution in [2.45, 2.75) is 0 Å². The molecule has 112 valence electrons. The molecule has 6 nitrogen and oxygen atoms in total. The summed E-state index contributed by atoms with van der Waals surface area (Å²) < 4.78 is 15.4. The third-order valence-electron chi connectivity index (χ3n) is 2.91. The van der Waals surface area contributed by atoms with Crippen molar-refractivity contribution < 1.29 is 19.0 Å². The molecule has 0 radical (unpaired) electrons. The van der Waals surface area contributed by atoms with Gasteiger partial charge in [0.15, 0.2) is 5.70 Å². The lowest BCUT2D eigenvalue weighted by atomic mass is 10.2. The van der Waals surface area contributed by atoms with Gasteiger partial charge < -0.3 is 14.2 Å². The van der Waals surface area contributed by atoms with Gasteiger partial charge in [-0.1, -0.05) is 6.07 Å². The highest BCUT2D eigenvalue weighted by Crippen LogP contribution is 2.26. The van der Waals surface area contributed by atoms with Crippen LogP contribution in [0.3, 0.4) is 0 Å². The van der Waals surface area contributed by atoms with Gasteiger partial charge in [0, 0.05) is 11.6 Å². The summed E-state index contributed by atoms with van der Waals surface area (Å²) in [7, 11) is 3.02. The quantitative estimate of drug-likeness (QED) is 0.640. The molecule has 7 heteroatoms. The number of hydrogen-bond donors (Lipinski definition) is 0. The monoisotopic (exact) mass is 316 g/mol. The number of methoxy groups -OCH3 is 2. The number of carbonyl (C=O) groups excluding carboxylic acids is 1. The first kappa shape index (κ1) is 14.3. The Morgan fingerprint density at radius 2 is 2.09 bits per heavy atom. The zero-order valence-corrected chi connectivity index (χ0v) is 12.7. The van der Waals surface area contributed by atoms with Crippen LogP contribution in [0.1, 0.15) is 10.4 Å². The fraction of sp³-hybridized carbons (Fsp3) is 0.133. The Labute approximate surface area is 130 Å². The number of hydrogen-bond acceptors (Lipinski definition) is 7. The van der Waals surface area contributed by atoms with Crippen molar-refractivity contribution in [2.24, 2.45) is 4.99 Å². The lowest BCUT2D eigenvalue weighted by molar-refractivity contribution is -0.129. The summed E-state index contributed by atoms with van der Waals surface area (Å²) in [4.78, 5) is 21.1. The summed E-state index contributed by atoms with van der Waals surface area (Å²) in [5, 5.41) is 1.89. The number of thiophene rings is 1. The van der Waals surface area contributed by atoms with Crippen LogP contribution in [0.2, 0.25) is 0 Å². The third kappa shape index (κ3) is 2.71. The normalized spacial score (nSPS) is 15.6. The van der Waals surface area contributed by atoms with Crippen LogP contribution < -0.4 is 9.47 Å². The maximum atomic E-state index is 11.9. The van der Waals surface area contributed by atoms with E-state index in [1.54, 1.807) is 18.2 Å². The third-order valence-corrected chi connectivity index (χ3v) is 3.77. The van der Waals surface area contributed by atoms with Gasteiger partial charge in [-0.3, -0.25) is 0 Å². The van der Waals surface area contributed by atoms with Crippen LogP contribution in [0.5, 0.6) is 11.8 Å². The number of aromatic nitrogens is 1. The van der Waals surface area contributed by atoms with Crippen molar-refractivity contribution in [3.8, 4) is 11.8 Å². The van der Waals surface area contributed by atoms with E-state index in [-0.39, 0.29) is 5.70 Å². The number of ether oxygens (including phenoxy) is 3. The number of carbonyl (C=O) groups is 1. The molecule has 0 amide bonds. The Morgan fingerprint density at radius 3 is 2.77 bits per heavy atom. The molecule has 0 atom stereocenters. The van der Waals surface area contributed by atoms with Crippen LogP contribution in [0.4, 0.5) is 0 Å². The lowest BCUT2D eigenvalue weighted by Gasteiger charge is -2.05. The fourth-order valence-electron chi connectivity index (χ4n) is 1.88. The molecule has 0 fully saturated rings. The second kappa shape index (κ2) is 5.98. The zero-order valence-electron chi connectivity index (χ0n) is 11.9.